The Morgan fingerprint density at radius 2 is 1.89 bits per heavy atom. The third-order valence-electron chi connectivity index (χ3n) is 2.85. The van der Waals surface area contributed by atoms with Crippen molar-refractivity contribution < 1.29 is 14.7 Å². The number of nitrogens with two attached hydrogens (primary N) is 1. The van der Waals surface area contributed by atoms with Crippen LogP contribution in [0.5, 0.6) is 0 Å². The van der Waals surface area contributed by atoms with Gasteiger partial charge in [0.05, 0.1) is 5.92 Å². The van der Waals surface area contributed by atoms with Gasteiger partial charge in [-0.25, -0.2) is 0 Å². The van der Waals surface area contributed by atoms with E-state index in [9.17, 15) is 9.59 Å². The van der Waals surface area contributed by atoms with Gasteiger partial charge in [0.15, 0.2) is 0 Å². The predicted octanol–water partition coefficient (Wildman–Crippen LogP) is 1.76. The molecule has 4 N–H and O–H groups in total. The van der Waals surface area contributed by atoms with Gasteiger partial charge in [0.2, 0.25) is 5.91 Å². The molecular formula is C14H28N2O3. The van der Waals surface area contributed by atoms with E-state index in [0.717, 1.165) is 12.8 Å². The van der Waals surface area contributed by atoms with Crippen LogP contribution in [0.3, 0.4) is 0 Å². The summed E-state index contributed by atoms with van der Waals surface area (Å²) in [5.74, 6) is -1.53. The lowest BCUT2D eigenvalue weighted by Gasteiger charge is -2.23. The molecule has 5 heteroatoms. The summed E-state index contributed by atoms with van der Waals surface area (Å²) in [6.07, 6.45) is 2.37. The monoisotopic (exact) mass is 272 g/mol. The molecule has 2 atom stereocenters. The Morgan fingerprint density at radius 1 is 1.32 bits per heavy atom. The van der Waals surface area contributed by atoms with Crippen molar-refractivity contribution in [3.05, 3.63) is 0 Å². The van der Waals surface area contributed by atoms with Crippen molar-refractivity contribution in [2.45, 2.75) is 59.4 Å². The highest BCUT2D eigenvalue weighted by atomic mass is 16.4. The quantitative estimate of drug-likeness (QED) is 0.627. The van der Waals surface area contributed by atoms with E-state index in [1.54, 1.807) is 0 Å². The first kappa shape index (κ1) is 17.9. The van der Waals surface area contributed by atoms with E-state index in [1.807, 2.05) is 6.92 Å². The second kappa shape index (κ2) is 8.15. The molecule has 0 aliphatic rings. The van der Waals surface area contributed by atoms with Crippen molar-refractivity contribution in [3.63, 3.8) is 0 Å². The van der Waals surface area contributed by atoms with Gasteiger partial charge in [-0.2, -0.15) is 0 Å². The number of carboxylic acid groups (broad SMARTS) is 1. The Morgan fingerprint density at radius 3 is 2.32 bits per heavy atom. The van der Waals surface area contributed by atoms with Crippen LogP contribution in [0.25, 0.3) is 0 Å². The lowest BCUT2D eigenvalue weighted by atomic mass is 9.87. The number of amides is 1. The van der Waals surface area contributed by atoms with Gasteiger partial charge < -0.3 is 16.2 Å². The molecule has 0 radical (unpaired) electrons. The van der Waals surface area contributed by atoms with Crippen molar-refractivity contribution in [2.24, 2.45) is 17.1 Å². The largest absolute Gasteiger partial charge is 0.481 e. The molecule has 0 aromatic heterocycles. The number of aliphatic carboxylic acids is 1. The molecule has 2 unspecified atom stereocenters. The predicted molar refractivity (Wildman–Crippen MR) is 75.7 cm³/mol. The summed E-state index contributed by atoms with van der Waals surface area (Å²) in [5, 5.41) is 11.6. The second-order valence-corrected chi connectivity index (χ2v) is 6.36. The molecule has 0 aliphatic heterocycles. The van der Waals surface area contributed by atoms with Crippen LogP contribution in [0.1, 0.15) is 53.4 Å². The highest BCUT2D eigenvalue weighted by Gasteiger charge is 2.20. The molecule has 0 aliphatic carbocycles. The minimum absolute atomic E-state index is 0.0888. The number of carbonyl (C=O) groups is 2. The molecule has 19 heavy (non-hydrogen) atoms. The molecule has 0 saturated carbocycles. The van der Waals surface area contributed by atoms with Crippen LogP contribution < -0.4 is 11.1 Å². The lowest BCUT2D eigenvalue weighted by Crippen LogP contribution is -2.37. The first-order valence-corrected chi connectivity index (χ1v) is 6.90. The fourth-order valence-electron chi connectivity index (χ4n) is 2.07. The van der Waals surface area contributed by atoms with E-state index < -0.39 is 11.9 Å². The van der Waals surface area contributed by atoms with Crippen LogP contribution in [0.4, 0.5) is 0 Å². The van der Waals surface area contributed by atoms with Crippen molar-refractivity contribution in [2.75, 3.05) is 6.54 Å². The summed E-state index contributed by atoms with van der Waals surface area (Å²) in [4.78, 5) is 22.6. The van der Waals surface area contributed by atoms with Crippen molar-refractivity contribution in [1.82, 2.24) is 5.32 Å². The fourth-order valence-corrected chi connectivity index (χ4v) is 2.07. The standard InChI is InChI=1S/C14H28N2O3/c1-5-6-10(13(18)19)9-16-12(17)7-11(15)8-14(2,3)4/h10-11H,5-9,15H2,1-4H3,(H,16,17)(H,18,19). The normalized spacial score (nSPS) is 14.8. The third kappa shape index (κ3) is 9.47. The molecule has 0 saturated heterocycles. The molecule has 0 heterocycles. The van der Waals surface area contributed by atoms with E-state index in [2.05, 4.69) is 26.1 Å². The minimum Gasteiger partial charge on any atom is -0.481 e. The van der Waals surface area contributed by atoms with Gasteiger partial charge in [0.1, 0.15) is 0 Å². The fraction of sp³-hybridized carbons (Fsp3) is 0.857. The first-order valence-electron chi connectivity index (χ1n) is 6.90. The smallest absolute Gasteiger partial charge is 0.308 e. The summed E-state index contributed by atoms with van der Waals surface area (Å²) in [6.45, 7) is 8.34. The van der Waals surface area contributed by atoms with Gasteiger partial charge in [-0.15, -0.1) is 0 Å². The van der Waals surface area contributed by atoms with E-state index >= 15 is 0 Å². The number of carbonyl (C=O) groups excluding carboxylic acids is 1. The topological polar surface area (TPSA) is 92.4 Å². The molecule has 0 rings (SSSR count). The Hall–Kier alpha value is -1.10. The zero-order chi connectivity index (χ0) is 15.1. The van der Waals surface area contributed by atoms with Crippen LogP contribution in [-0.4, -0.2) is 29.6 Å². The first-order chi connectivity index (χ1) is 8.65. The molecule has 5 nitrogen and oxygen atoms in total. The Labute approximate surface area is 115 Å². The maximum atomic E-state index is 11.7. The molecule has 112 valence electrons. The van der Waals surface area contributed by atoms with E-state index in [4.69, 9.17) is 10.8 Å². The molecule has 1 amide bonds. The van der Waals surface area contributed by atoms with Crippen molar-refractivity contribution in [1.29, 1.82) is 0 Å². The van der Waals surface area contributed by atoms with Crippen LogP contribution in [0.15, 0.2) is 0 Å². The molecule has 0 aromatic carbocycles. The summed E-state index contributed by atoms with van der Waals surface area (Å²) in [7, 11) is 0. The maximum Gasteiger partial charge on any atom is 0.308 e. The van der Waals surface area contributed by atoms with Crippen molar-refractivity contribution in [3.8, 4) is 0 Å². The minimum atomic E-state index is -0.860. The summed E-state index contributed by atoms with van der Waals surface area (Å²) in [5.41, 5.74) is 6.00. The number of nitrogens with one attached hydrogen (secondary N) is 1. The Balaban J connectivity index is 4.07. The van der Waals surface area contributed by atoms with Gasteiger partial charge >= 0.3 is 5.97 Å². The molecule has 0 spiro atoms. The van der Waals surface area contributed by atoms with Gasteiger partial charge in [-0.1, -0.05) is 34.1 Å². The number of carboxylic acids is 1. The Kier molecular flexibility index (Phi) is 7.68. The molecule has 0 aromatic rings. The summed E-state index contributed by atoms with van der Waals surface area (Å²) < 4.78 is 0. The third-order valence-corrected chi connectivity index (χ3v) is 2.85. The summed E-state index contributed by atoms with van der Waals surface area (Å²) in [6, 6.07) is -0.186. The highest BCUT2D eigenvalue weighted by Crippen LogP contribution is 2.20. The molecular weight excluding hydrogens is 244 g/mol. The summed E-state index contributed by atoms with van der Waals surface area (Å²) >= 11 is 0. The average molecular weight is 272 g/mol. The van der Waals surface area contributed by atoms with Gasteiger partial charge in [-0.3, -0.25) is 9.59 Å². The zero-order valence-electron chi connectivity index (χ0n) is 12.5. The van der Waals surface area contributed by atoms with E-state index in [-0.39, 0.29) is 30.3 Å². The van der Waals surface area contributed by atoms with Crippen LogP contribution in [0.2, 0.25) is 0 Å². The van der Waals surface area contributed by atoms with Crippen LogP contribution in [-0.2, 0) is 9.59 Å². The Bertz CT molecular complexity index is 298. The maximum absolute atomic E-state index is 11.7. The second-order valence-electron chi connectivity index (χ2n) is 6.36. The van der Waals surface area contributed by atoms with E-state index in [1.165, 1.54) is 0 Å². The number of rotatable bonds is 8. The van der Waals surface area contributed by atoms with Crippen molar-refractivity contribution >= 4 is 11.9 Å². The zero-order valence-corrected chi connectivity index (χ0v) is 12.5. The SMILES string of the molecule is CCCC(CNC(=O)CC(N)CC(C)(C)C)C(=O)O. The van der Waals surface area contributed by atoms with E-state index in [0.29, 0.717) is 6.42 Å². The average Bonchev–Trinajstić information content (AvgIpc) is 2.20. The van der Waals surface area contributed by atoms with Gasteiger partial charge in [0, 0.05) is 19.0 Å². The van der Waals surface area contributed by atoms with Gasteiger partial charge in [0.25, 0.3) is 0 Å². The molecule has 0 bridgehead atoms. The van der Waals surface area contributed by atoms with Gasteiger partial charge in [-0.05, 0) is 18.3 Å². The number of hydrogen-bond acceptors (Lipinski definition) is 3. The van der Waals surface area contributed by atoms with Crippen LogP contribution in [0, 0.1) is 11.3 Å². The lowest BCUT2D eigenvalue weighted by molar-refractivity contribution is -0.141. The molecule has 0 fully saturated rings. The highest BCUT2D eigenvalue weighted by molar-refractivity contribution is 5.77. The number of hydrogen-bond donors (Lipinski definition) is 3. The van der Waals surface area contributed by atoms with Crippen LogP contribution >= 0.6 is 0 Å².